The number of hydrogen-bond donors (Lipinski definition) is 0. The molecule has 27 heavy (non-hydrogen) atoms. The van der Waals surface area contributed by atoms with E-state index in [9.17, 15) is 4.39 Å². The van der Waals surface area contributed by atoms with Gasteiger partial charge in [0.25, 0.3) is 0 Å². The molecule has 0 amide bonds. The van der Waals surface area contributed by atoms with Crippen molar-refractivity contribution in [1.29, 1.82) is 0 Å². The second-order valence-corrected chi connectivity index (χ2v) is 8.16. The van der Waals surface area contributed by atoms with Crippen molar-refractivity contribution >= 4 is 11.8 Å². The lowest BCUT2D eigenvalue weighted by Crippen LogP contribution is -2.12. The molecule has 2 aromatic carbocycles. The highest BCUT2D eigenvalue weighted by molar-refractivity contribution is 7.98. The molecular formula is C22H24FN3S. The van der Waals surface area contributed by atoms with Crippen LogP contribution in [0.1, 0.15) is 55.0 Å². The number of benzene rings is 2. The summed E-state index contributed by atoms with van der Waals surface area (Å²) in [6.07, 6.45) is 6.23. The lowest BCUT2D eigenvalue weighted by molar-refractivity contribution is 0.423. The van der Waals surface area contributed by atoms with Crippen molar-refractivity contribution in [2.45, 2.75) is 55.9 Å². The van der Waals surface area contributed by atoms with Crippen molar-refractivity contribution in [1.82, 2.24) is 14.8 Å². The molecular weight excluding hydrogens is 357 g/mol. The van der Waals surface area contributed by atoms with Crippen LogP contribution in [0.2, 0.25) is 0 Å². The number of halogens is 1. The monoisotopic (exact) mass is 381 g/mol. The molecule has 0 unspecified atom stereocenters. The van der Waals surface area contributed by atoms with Gasteiger partial charge in [-0.1, -0.05) is 61.4 Å². The Kier molecular flexibility index (Phi) is 5.58. The Morgan fingerprint density at radius 1 is 1.00 bits per heavy atom. The molecule has 1 fully saturated rings. The molecule has 1 aliphatic rings. The van der Waals surface area contributed by atoms with Gasteiger partial charge >= 0.3 is 0 Å². The largest absolute Gasteiger partial charge is 0.274 e. The van der Waals surface area contributed by atoms with Crippen LogP contribution in [0.25, 0.3) is 5.69 Å². The number of thioether (sulfide) groups is 1. The van der Waals surface area contributed by atoms with Gasteiger partial charge in [0.1, 0.15) is 11.6 Å². The summed E-state index contributed by atoms with van der Waals surface area (Å²) >= 11 is 1.66. The van der Waals surface area contributed by atoms with Gasteiger partial charge in [-0.25, -0.2) is 4.39 Å². The quantitative estimate of drug-likeness (QED) is 0.504. The van der Waals surface area contributed by atoms with Gasteiger partial charge in [-0.15, -0.1) is 10.2 Å². The van der Waals surface area contributed by atoms with Crippen molar-refractivity contribution in [2.24, 2.45) is 0 Å². The summed E-state index contributed by atoms with van der Waals surface area (Å²) in [5.41, 5.74) is 3.46. The number of hydrogen-bond acceptors (Lipinski definition) is 3. The third kappa shape index (κ3) is 4.08. The standard InChI is InChI=1S/C22H24FN3S/c1-16-7-5-6-10-20(16)26-21(18-8-3-2-4-9-18)24-25-22(26)27-15-17-11-13-19(23)14-12-17/h5-7,10-14,18H,2-4,8-9,15H2,1H3. The van der Waals surface area contributed by atoms with Gasteiger partial charge in [0, 0.05) is 11.7 Å². The second kappa shape index (κ2) is 8.26. The Bertz CT molecular complexity index is 898. The average molecular weight is 382 g/mol. The molecule has 0 radical (unpaired) electrons. The molecule has 1 saturated carbocycles. The Hall–Kier alpha value is -2.14. The van der Waals surface area contributed by atoms with Gasteiger partial charge in [0.15, 0.2) is 5.16 Å². The van der Waals surface area contributed by atoms with Gasteiger partial charge in [-0.2, -0.15) is 0 Å². The lowest BCUT2D eigenvalue weighted by Gasteiger charge is -2.22. The summed E-state index contributed by atoms with van der Waals surface area (Å²) < 4.78 is 15.4. The van der Waals surface area contributed by atoms with Gasteiger partial charge in [-0.05, 0) is 49.1 Å². The molecule has 1 aromatic heterocycles. The van der Waals surface area contributed by atoms with Crippen LogP contribution in [-0.2, 0) is 5.75 Å². The SMILES string of the molecule is Cc1ccccc1-n1c(SCc2ccc(F)cc2)nnc1C1CCCCC1. The van der Waals surface area contributed by atoms with Gasteiger partial charge < -0.3 is 0 Å². The molecule has 1 heterocycles. The summed E-state index contributed by atoms with van der Waals surface area (Å²) in [6.45, 7) is 2.13. The van der Waals surface area contributed by atoms with Gasteiger partial charge in [-0.3, -0.25) is 4.57 Å². The zero-order chi connectivity index (χ0) is 18.6. The van der Waals surface area contributed by atoms with Gasteiger partial charge in [0.2, 0.25) is 0 Å². The Morgan fingerprint density at radius 2 is 1.74 bits per heavy atom. The van der Waals surface area contributed by atoms with E-state index in [1.807, 2.05) is 12.1 Å². The number of aromatic nitrogens is 3. The van der Waals surface area contributed by atoms with E-state index in [-0.39, 0.29) is 5.82 Å². The highest BCUT2D eigenvalue weighted by Gasteiger charge is 2.24. The minimum absolute atomic E-state index is 0.202. The van der Waals surface area contributed by atoms with E-state index in [4.69, 9.17) is 0 Å². The molecule has 0 N–H and O–H groups in total. The average Bonchev–Trinajstić information content (AvgIpc) is 3.12. The van der Waals surface area contributed by atoms with E-state index in [1.165, 1.54) is 49.8 Å². The van der Waals surface area contributed by atoms with Crippen molar-refractivity contribution in [3.05, 3.63) is 71.3 Å². The summed E-state index contributed by atoms with van der Waals surface area (Å²) in [5.74, 6) is 2.11. The minimum atomic E-state index is -0.202. The first-order valence-corrected chi connectivity index (χ1v) is 10.6. The molecule has 0 aliphatic heterocycles. The number of para-hydroxylation sites is 1. The summed E-state index contributed by atoms with van der Waals surface area (Å²) in [7, 11) is 0. The third-order valence-electron chi connectivity index (χ3n) is 5.27. The second-order valence-electron chi connectivity index (χ2n) is 7.21. The van der Waals surface area contributed by atoms with Crippen LogP contribution in [0.4, 0.5) is 4.39 Å². The van der Waals surface area contributed by atoms with Crippen molar-refractivity contribution < 1.29 is 4.39 Å². The number of nitrogens with zero attached hydrogens (tertiary/aromatic N) is 3. The summed E-state index contributed by atoms with van der Waals surface area (Å²) in [4.78, 5) is 0. The summed E-state index contributed by atoms with van der Waals surface area (Å²) in [6, 6.07) is 15.1. The van der Waals surface area contributed by atoms with Gasteiger partial charge in [0.05, 0.1) is 5.69 Å². The molecule has 5 heteroatoms. The molecule has 0 bridgehead atoms. The minimum Gasteiger partial charge on any atom is -0.274 e. The lowest BCUT2D eigenvalue weighted by atomic mass is 9.88. The van der Waals surface area contributed by atoms with E-state index in [2.05, 4.69) is 46.0 Å². The molecule has 3 aromatic rings. The molecule has 1 aliphatic carbocycles. The van der Waals surface area contributed by atoms with Crippen LogP contribution >= 0.6 is 11.8 Å². The van der Waals surface area contributed by atoms with Crippen LogP contribution in [0.3, 0.4) is 0 Å². The van der Waals surface area contributed by atoms with Crippen LogP contribution in [-0.4, -0.2) is 14.8 Å². The third-order valence-corrected chi connectivity index (χ3v) is 6.27. The smallest absolute Gasteiger partial charge is 0.196 e. The predicted octanol–water partition coefficient (Wildman–Crippen LogP) is 6.05. The van der Waals surface area contributed by atoms with Crippen LogP contribution in [0.15, 0.2) is 53.7 Å². The van der Waals surface area contributed by atoms with E-state index in [0.717, 1.165) is 28.0 Å². The Labute approximate surface area is 164 Å². The van der Waals surface area contributed by atoms with Crippen LogP contribution in [0, 0.1) is 12.7 Å². The van der Waals surface area contributed by atoms with Crippen LogP contribution < -0.4 is 0 Å². The molecule has 0 atom stereocenters. The van der Waals surface area contributed by atoms with E-state index < -0.39 is 0 Å². The van der Waals surface area contributed by atoms with Crippen molar-refractivity contribution in [3.63, 3.8) is 0 Å². The fourth-order valence-electron chi connectivity index (χ4n) is 3.77. The first kappa shape index (κ1) is 18.2. The normalized spacial score (nSPS) is 15.2. The van der Waals surface area contributed by atoms with E-state index >= 15 is 0 Å². The first-order valence-electron chi connectivity index (χ1n) is 9.61. The van der Waals surface area contributed by atoms with Crippen molar-refractivity contribution in [2.75, 3.05) is 0 Å². The number of rotatable bonds is 5. The molecule has 0 saturated heterocycles. The first-order chi connectivity index (χ1) is 13.2. The maximum atomic E-state index is 13.2. The van der Waals surface area contributed by atoms with Crippen LogP contribution in [0.5, 0.6) is 0 Å². The molecule has 140 valence electrons. The molecule has 4 rings (SSSR count). The van der Waals surface area contributed by atoms with E-state index in [1.54, 1.807) is 11.8 Å². The fourth-order valence-corrected chi connectivity index (χ4v) is 4.68. The zero-order valence-electron chi connectivity index (χ0n) is 15.6. The fraction of sp³-hybridized carbons (Fsp3) is 0.364. The zero-order valence-corrected chi connectivity index (χ0v) is 16.4. The Morgan fingerprint density at radius 3 is 2.48 bits per heavy atom. The van der Waals surface area contributed by atoms with Crippen molar-refractivity contribution in [3.8, 4) is 5.69 Å². The topological polar surface area (TPSA) is 30.7 Å². The van der Waals surface area contributed by atoms with E-state index in [0.29, 0.717) is 5.92 Å². The molecule has 3 nitrogen and oxygen atoms in total. The molecule has 0 spiro atoms. The maximum absolute atomic E-state index is 13.2. The summed E-state index contributed by atoms with van der Waals surface area (Å²) in [5, 5.41) is 10.1. The highest BCUT2D eigenvalue weighted by Crippen LogP contribution is 2.36. The number of aryl methyl sites for hydroxylation is 1. The maximum Gasteiger partial charge on any atom is 0.196 e. The Balaban J connectivity index is 1.67. The predicted molar refractivity (Wildman–Crippen MR) is 108 cm³/mol. The highest BCUT2D eigenvalue weighted by atomic mass is 32.2.